The van der Waals surface area contributed by atoms with Crippen molar-refractivity contribution >= 4 is 11.7 Å². The van der Waals surface area contributed by atoms with Gasteiger partial charge in [0.1, 0.15) is 5.76 Å². The maximum absolute atomic E-state index is 11.7. The Morgan fingerprint density at radius 3 is 2.60 bits per heavy atom. The van der Waals surface area contributed by atoms with Gasteiger partial charge in [-0.2, -0.15) is 0 Å². The molecule has 0 saturated carbocycles. The van der Waals surface area contributed by atoms with E-state index >= 15 is 0 Å². The molecule has 0 aliphatic rings. The fourth-order valence-corrected chi connectivity index (χ4v) is 1.78. The van der Waals surface area contributed by atoms with Gasteiger partial charge in [0.15, 0.2) is 0 Å². The zero-order chi connectivity index (χ0) is 14.4. The predicted octanol–water partition coefficient (Wildman–Crippen LogP) is 2.88. The molecule has 1 aromatic heterocycles. The lowest BCUT2D eigenvalue weighted by Gasteiger charge is -2.11. The number of furan rings is 1. The van der Waals surface area contributed by atoms with Crippen LogP contribution in [0.25, 0.3) is 0 Å². The van der Waals surface area contributed by atoms with E-state index in [-0.39, 0.29) is 12.1 Å². The number of anilines is 1. The highest BCUT2D eigenvalue weighted by atomic mass is 16.3. The summed E-state index contributed by atoms with van der Waals surface area (Å²) in [6, 6.07) is 11.4. The number of hydrogen-bond acceptors (Lipinski definition) is 3. The number of nitrogens with one attached hydrogen (secondary N) is 3. The summed E-state index contributed by atoms with van der Waals surface area (Å²) in [7, 11) is 1.92. The molecule has 2 aromatic rings. The third-order valence-electron chi connectivity index (χ3n) is 3.10. The number of hydrogen-bond donors (Lipinski definition) is 3. The van der Waals surface area contributed by atoms with Crippen LogP contribution in [0.1, 0.15) is 24.3 Å². The Kier molecular flexibility index (Phi) is 4.79. The normalized spacial score (nSPS) is 11.9. The van der Waals surface area contributed by atoms with Gasteiger partial charge in [0.05, 0.1) is 12.8 Å². The highest BCUT2D eigenvalue weighted by Crippen LogP contribution is 2.15. The number of urea groups is 1. The number of carbonyl (C=O) groups is 1. The minimum absolute atomic E-state index is 0.254. The Bertz CT molecular complexity index is 535. The number of amides is 2. The zero-order valence-corrected chi connectivity index (χ0v) is 11.6. The molecular weight excluding hydrogens is 254 g/mol. The molecule has 2 amide bonds. The highest BCUT2D eigenvalue weighted by molar-refractivity contribution is 5.89. The molecule has 20 heavy (non-hydrogen) atoms. The maximum Gasteiger partial charge on any atom is 0.319 e. The summed E-state index contributed by atoms with van der Waals surface area (Å²) in [6.45, 7) is 2.45. The van der Waals surface area contributed by atoms with Crippen molar-refractivity contribution in [1.29, 1.82) is 0 Å². The first-order valence-electron chi connectivity index (χ1n) is 6.53. The average molecular weight is 273 g/mol. The Labute approximate surface area is 118 Å². The Morgan fingerprint density at radius 2 is 2.00 bits per heavy atom. The van der Waals surface area contributed by atoms with E-state index < -0.39 is 0 Å². The van der Waals surface area contributed by atoms with E-state index in [1.807, 2.05) is 37.4 Å². The SMILES string of the molecule is CNC(C)c1ccc(NC(=O)NCc2ccco2)cc1. The average Bonchev–Trinajstić information content (AvgIpc) is 2.98. The summed E-state index contributed by atoms with van der Waals surface area (Å²) >= 11 is 0. The summed E-state index contributed by atoms with van der Waals surface area (Å²) in [4.78, 5) is 11.7. The van der Waals surface area contributed by atoms with Crippen molar-refractivity contribution in [3.8, 4) is 0 Å². The van der Waals surface area contributed by atoms with Crippen molar-refractivity contribution in [3.05, 3.63) is 54.0 Å². The quantitative estimate of drug-likeness (QED) is 0.784. The second-order valence-corrected chi connectivity index (χ2v) is 4.52. The first-order chi connectivity index (χ1) is 9.69. The van der Waals surface area contributed by atoms with Gasteiger partial charge in [0.25, 0.3) is 0 Å². The van der Waals surface area contributed by atoms with Gasteiger partial charge >= 0.3 is 6.03 Å². The van der Waals surface area contributed by atoms with E-state index in [2.05, 4.69) is 22.9 Å². The van der Waals surface area contributed by atoms with Gasteiger partial charge in [0.2, 0.25) is 0 Å². The molecule has 0 radical (unpaired) electrons. The molecule has 1 heterocycles. The van der Waals surface area contributed by atoms with Crippen LogP contribution >= 0.6 is 0 Å². The van der Waals surface area contributed by atoms with Crippen LogP contribution in [0.15, 0.2) is 47.1 Å². The molecule has 1 unspecified atom stereocenters. The predicted molar refractivity (Wildman–Crippen MR) is 78.5 cm³/mol. The maximum atomic E-state index is 11.7. The van der Waals surface area contributed by atoms with E-state index in [0.29, 0.717) is 6.54 Å². The molecule has 5 nitrogen and oxygen atoms in total. The van der Waals surface area contributed by atoms with E-state index in [1.54, 1.807) is 12.3 Å². The van der Waals surface area contributed by atoms with Crippen molar-refractivity contribution < 1.29 is 9.21 Å². The van der Waals surface area contributed by atoms with Gasteiger partial charge in [-0.3, -0.25) is 0 Å². The molecule has 5 heteroatoms. The van der Waals surface area contributed by atoms with Crippen LogP contribution < -0.4 is 16.0 Å². The third kappa shape index (κ3) is 3.86. The second kappa shape index (κ2) is 6.77. The van der Waals surface area contributed by atoms with E-state index in [9.17, 15) is 4.79 Å². The Hall–Kier alpha value is -2.27. The van der Waals surface area contributed by atoms with Gasteiger partial charge in [-0.1, -0.05) is 12.1 Å². The minimum atomic E-state index is -0.254. The van der Waals surface area contributed by atoms with Crippen LogP contribution in [0, 0.1) is 0 Å². The fourth-order valence-electron chi connectivity index (χ4n) is 1.78. The molecule has 106 valence electrons. The van der Waals surface area contributed by atoms with Crippen molar-refractivity contribution in [3.63, 3.8) is 0 Å². The third-order valence-corrected chi connectivity index (χ3v) is 3.10. The standard InChI is InChI=1S/C15H19N3O2/c1-11(16-2)12-5-7-13(8-6-12)18-15(19)17-10-14-4-3-9-20-14/h3-9,11,16H,10H2,1-2H3,(H2,17,18,19). The van der Waals surface area contributed by atoms with Crippen LogP contribution in [0.5, 0.6) is 0 Å². The molecule has 1 aromatic carbocycles. The van der Waals surface area contributed by atoms with Gasteiger partial charge in [-0.05, 0) is 43.8 Å². The Balaban J connectivity index is 1.84. The highest BCUT2D eigenvalue weighted by Gasteiger charge is 2.05. The Morgan fingerprint density at radius 1 is 1.25 bits per heavy atom. The van der Waals surface area contributed by atoms with Crippen molar-refractivity contribution in [2.24, 2.45) is 0 Å². The molecular formula is C15H19N3O2. The largest absolute Gasteiger partial charge is 0.467 e. The fraction of sp³-hybridized carbons (Fsp3) is 0.267. The first kappa shape index (κ1) is 14.1. The first-order valence-corrected chi connectivity index (χ1v) is 6.53. The molecule has 0 aliphatic heterocycles. The van der Waals surface area contributed by atoms with Gasteiger partial charge in [-0.25, -0.2) is 4.79 Å². The summed E-state index contributed by atoms with van der Waals surface area (Å²) < 4.78 is 5.14. The number of rotatable bonds is 5. The van der Waals surface area contributed by atoms with Gasteiger partial charge < -0.3 is 20.4 Å². The molecule has 0 aliphatic carbocycles. The molecule has 0 bridgehead atoms. The minimum Gasteiger partial charge on any atom is -0.467 e. The summed E-state index contributed by atoms with van der Waals surface area (Å²) in [5.41, 5.74) is 1.93. The van der Waals surface area contributed by atoms with Crippen molar-refractivity contribution in [2.75, 3.05) is 12.4 Å². The van der Waals surface area contributed by atoms with Crippen LogP contribution in [0.4, 0.5) is 10.5 Å². The lowest BCUT2D eigenvalue weighted by molar-refractivity contribution is 0.251. The summed E-state index contributed by atoms with van der Waals surface area (Å²) in [6.07, 6.45) is 1.58. The van der Waals surface area contributed by atoms with Crippen LogP contribution in [-0.2, 0) is 6.54 Å². The number of carbonyl (C=O) groups excluding carboxylic acids is 1. The van der Waals surface area contributed by atoms with Crippen molar-refractivity contribution in [2.45, 2.75) is 19.5 Å². The van der Waals surface area contributed by atoms with Crippen molar-refractivity contribution in [1.82, 2.24) is 10.6 Å². The summed E-state index contributed by atoms with van der Waals surface area (Å²) in [5, 5.41) is 8.67. The second-order valence-electron chi connectivity index (χ2n) is 4.52. The monoisotopic (exact) mass is 273 g/mol. The molecule has 1 atom stereocenters. The van der Waals surface area contributed by atoms with Crippen LogP contribution in [0.2, 0.25) is 0 Å². The van der Waals surface area contributed by atoms with E-state index in [0.717, 1.165) is 11.4 Å². The lowest BCUT2D eigenvalue weighted by atomic mass is 10.1. The molecule has 0 spiro atoms. The number of benzene rings is 1. The molecule has 0 fully saturated rings. The van der Waals surface area contributed by atoms with Gasteiger partial charge in [0, 0.05) is 11.7 Å². The van der Waals surface area contributed by atoms with Crippen LogP contribution in [0.3, 0.4) is 0 Å². The topological polar surface area (TPSA) is 66.3 Å². The van der Waals surface area contributed by atoms with E-state index in [4.69, 9.17) is 4.42 Å². The van der Waals surface area contributed by atoms with Crippen LogP contribution in [-0.4, -0.2) is 13.1 Å². The molecule has 0 saturated heterocycles. The van der Waals surface area contributed by atoms with E-state index in [1.165, 1.54) is 5.56 Å². The zero-order valence-electron chi connectivity index (χ0n) is 11.6. The molecule has 2 rings (SSSR count). The smallest absolute Gasteiger partial charge is 0.319 e. The van der Waals surface area contributed by atoms with Gasteiger partial charge in [-0.15, -0.1) is 0 Å². The summed E-state index contributed by atoms with van der Waals surface area (Å²) in [5.74, 6) is 0.721. The lowest BCUT2D eigenvalue weighted by Crippen LogP contribution is -2.28. The molecule has 3 N–H and O–H groups in total.